The quantitative estimate of drug-likeness (QED) is 0.808. The van der Waals surface area contributed by atoms with E-state index in [9.17, 15) is 18.4 Å². The third-order valence-electron chi connectivity index (χ3n) is 3.27. The molecule has 1 aromatic carbocycles. The largest absolute Gasteiger partial charge is 0.478 e. The highest BCUT2D eigenvalue weighted by Crippen LogP contribution is 2.19. The summed E-state index contributed by atoms with van der Waals surface area (Å²) in [5.41, 5.74) is -1.22. The fraction of sp³-hybridized carbons (Fsp3) is 0.429. The number of carboxylic acids is 1. The number of carboxylic acid groups (broad SMARTS) is 1. The number of carbonyl (C=O) groups excluding carboxylic acids is 1. The van der Waals surface area contributed by atoms with Crippen LogP contribution in [0.4, 0.5) is 8.78 Å². The van der Waals surface area contributed by atoms with Gasteiger partial charge in [0.2, 0.25) is 0 Å². The first-order valence-electron chi connectivity index (χ1n) is 6.57. The molecule has 0 spiro atoms. The first kappa shape index (κ1) is 15.5. The average Bonchev–Trinajstić information content (AvgIpc) is 2.45. The minimum Gasteiger partial charge on any atom is -0.478 e. The number of benzene rings is 1. The second kappa shape index (κ2) is 6.73. The number of aromatic carboxylic acids is 1. The summed E-state index contributed by atoms with van der Waals surface area (Å²) in [6.07, 6.45) is 0.130. The van der Waals surface area contributed by atoms with Crippen LogP contribution in [0.5, 0.6) is 0 Å². The molecule has 1 aliphatic heterocycles. The third kappa shape index (κ3) is 3.83. The Hall–Kier alpha value is -1.86. The molecule has 2 N–H and O–H groups in total. The Morgan fingerprint density at radius 2 is 2.00 bits per heavy atom. The van der Waals surface area contributed by atoms with Crippen LogP contribution >= 0.6 is 0 Å². The monoisotopic (exact) mass is 299 g/mol. The van der Waals surface area contributed by atoms with E-state index >= 15 is 0 Å². The first-order chi connectivity index (χ1) is 9.99. The highest BCUT2D eigenvalue weighted by Gasteiger charge is 2.22. The van der Waals surface area contributed by atoms with Gasteiger partial charge in [-0.3, -0.25) is 4.79 Å². The van der Waals surface area contributed by atoms with E-state index in [0.717, 1.165) is 6.54 Å². The van der Waals surface area contributed by atoms with Crippen LogP contribution in [-0.2, 0) is 4.74 Å². The molecule has 0 aliphatic carbocycles. The van der Waals surface area contributed by atoms with Gasteiger partial charge in [0, 0.05) is 19.5 Å². The normalized spacial score (nSPS) is 18.5. The van der Waals surface area contributed by atoms with Crippen molar-refractivity contribution in [1.82, 2.24) is 5.32 Å². The molecule has 1 heterocycles. The molecule has 1 atom stereocenters. The third-order valence-corrected chi connectivity index (χ3v) is 3.27. The Labute approximate surface area is 119 Å². The fourth-order valence-corrected chi connectivity index (χ4v) is 2.19. The summed E-state index contributed by atoms with van der Waals surface area (Å²) in [6, 6.07) is 1.30. The Morgan fingerprint density at radius 1 is 1.33 bits per heavy atom. The van der Waals surface area contributed by atoms with Gasteiger partial charge in [0.25, 0.3) is 0 Å². The van der Waals surface area contributed by atoms with Crippen LogP contribution in [-0.4, -0.2) is 42.7 Å². The minimum absolute atomic E-state index is 0.0629. The zero-order valence-corrected chi connectivity index (χ0v) is 11.2. The van der Waals surface area contributed by atoms with Crippen LogP contribution in [0.25, 0.3) is 0 Å². The predicted molar refractivity (Wildman–Crippen MR) is 69.5 cm³/mol. The van der Waals surface area contributed by atoms with E-state index in [1.54, 1.807) is 0 Å². The summed E-state index contributed by atoms with van der Waals surface area (Å²) >= 11 is 0. The average molecular weight is 299 g/mol. The van der Waals surface area contributed by atoms with Crippen molar-refractivity contribution >= 4 is 11.8 Å². The lowest BCUT2D eigenvalue weighted by atomic mass is 10.0. The molecule has 0 radical (unpaired) electrons. The number of halogens is 2. The smallest absolute Gasteiger partial charge is 0.335 e. The van der Waals surface area contributed by atoms with Crippen molar-refractivity contribution in [2.75, 3.05) is 19.7 Å². The van der Waals surface area contributed by atoms with Crippen LogP contribution in [0.3, 0.4) is 0 Å². The zero-order valence-electron chi connectivity index (χ0n) is 11.2. The zero-order chi connectivity index (χ0) is 15.4. The van der Waals surface area contributed by atoms with E-state index in [1.807, 2.05) is 0 Å². The number of rotatable bonds is 5. The molecule has 0 bridgehead atoms. The topological polar surface area (TPSA) is 75.6 Å². The van der Waals surface area contributed by atoms with E-state index in [4.69, 9.17) is 9.84 Å². The Kier molecular flexibility index (Phi) is 4.98. The van der Waals surface area contributed by atoms with Gasteiger partial charge in [0.1, 0.15) is 11.6 Å². The molecule has 1 saturated heterocycles. The number of carbonyl (C=O) groups is 2. The Balaban J connectivity index is 2.06. The molecule has 1 aromatic rings. The van der Waals surface area contributed by atoms with E-state index < -0.39 is 34.5 Å². The van der Waals surface area contributed by atoms with Gasteiger partial charge in [-0.2, -0.15) is 0 Å². The van der Waals surface area contributed by atoms with E-state index in [0.29, 0.717) is 31.7 Å². The minimum atomic E-state index is -1.45. The molecule has 7 heteroatoms. The summed E-state index contributed by atoms with van der Waals surface area (Å²) < 4.78 is 32.8. The van der Waals surface area contributed by atoms with Gasteiger partial charge in [-0.1, -0.05) is 0 Å². The maximum absolute atomic E-state index is 13.7. The van der Waals surface area contributed by atoms with Crippen LogP contribution in [0.1, 0.15) is 33.6 Å². The van der Waals surface area contributed by atoms with E-state index in [2.05, 4.69) is 5.32 Å². The summed E-state index contributed by atoms with van der Waals surface area (Å²) in [5, 5.41) is 11.8. The molecule has 21 heavy (non-hydrogen) atoms. The summed E-state index contributed by atoms with van der Waals surface area (Å²) in [5.74, 6) is -4.45. The lowest BCUT2D eigenvalue weighted by molar-refractivity contribution is 0.0224. The Morgan fingerprint density at radius 3 is 2.52 bits per heavy atom. The highest BCUT2D eigenvalue weighted by atomic mass is 19.1. The van der Waals surface area contributed by atoms with Crippen molar-refractivity contribution in [3.05, 3.63) is 34.9 Å². The second-order valence-corrected chi connectivity index (χ2v) is 4.78. The number of hydrogen-bond donors (Lipinski definition) is 2. The van der Waals surface area contributed by atoms with Crippen molar-refractivity contribution in [1.29, 1.82) is 0 Å². The van der Waals surface area contributed by atoms with Crippen molar-refractivity contribution in [3.8, 4) is 0 Å². The van der Waals surface area contributed by atoms with Gasteiger partial charge in [-0.15, -0.1) is 0 Å². The molecule has 0 amide bonds. The molecule has 5 nitrogen and oxygen atoms in total. The molecule has 114 valence electrons. The van der Waals surface area contributed by atoms with Crippen molar-refractivity contribution in [3.63, 3.8) is 0 Å². The van der Waals surface area contributed by atoms with E-state index in [1.165, 1.54) is 0 Å². The molecular weight excluding hydrogens is 284 g/mol. The lowest BCUT2D eigenvalue weighted by Gasteiger charge is -2.23. The number of morpholine rings is 1. The molecular formula is C14H15F2NO4. The summed E-state index contributed by atoms with van der Waals surface area (Å²) in [7, 11) is 0. The number of ether oxygens (including phenoxy) is 1. The van der Waals surface area contributed by atoms with Gasteiger partial charge < -0.3 is 15.2 Å². The molecule has 0 aromatic heterocycles. The van der Waals surface area contributed by atoms with Gasteiger partial charge in [-0.05, 0) is 18.6 Å². The van der Waals surface area contributed by atoms with Crippen LogP contribution in [0.2, 0.25) is 0 Å². The summed E-state index contributed by atoms with van der Waals surface area (Å²) in [6.45, 7) is 1.87. The van der Waals surface area contributed by atoms with Crippen molar-refractivity contribution in [2.45, 2.75) is 18.9 Å². The predicted octanol–water partition coefficient (Wildman–Crippen LogP) is 1.61. The molecule has 0 saturated carbocycles. The molecule has 2 rings (SSSR count). The highest BCUT2D eigenvalue weighted by molar-refractivity contribution is 5.98. The van der Waals surface area contributed by atoms with Gasteiger partial charge in [0.05, 0.1) is 23.8 Å². The van der Waals surface area contributed by atoms with Crippen LogP contribution < -0.4 is 5.32 Å². The van der Waals surface area contributed by atoms with Gasteiger partial charge in [-0.25, -0.2) is 13.6 Å². The van der Waals surface area contributed by atoms with Gasteiger partial charge in [0.15, 0.2) is 5.78 Å². The maximum Gasteiger partial charge on any atom is 0.335 e. The number of hydrogen-bond acceptors (Lipinski definition) is 4. The second-order valence-electron chi connectivity index (χ2n) is 4.78. The molecule has 1 fully saturated rings. The SMILES string of the molecule is O=C(O)c1cc(F)c(C(=O)CC[C@H]2CNCCO2)c(F)c1. The molecule has 0 unspecified atom stereocenters. The van der Waals surface area contributed by atoms with E-state index in [-0.39, 0.29) is 12.5 Å². The number of ketones is 1. The number of nitrogens with one attached hydrogen (secondary N) is 1. The molecule has 1 aliphatic rings. The maximum atomic E-state index is 13.7. The van der Waals surface area contributed by atoms with Crippen molar-refractivity contribution < 1.29 is 28.2 Å². The van der Waals surface area contributed by atoms with Crippen LogP contribution in [0, 0.1) is 11.6 Å². The Bertz CT molecular complexity index is 533. The standard InChI is InChI=1S/C14H15F2NO4/c15-10-5-8(14(19)20)6-11(16)13(10)12(18)2-1-9-7-17-3-4-21-9/h5-6,9,17H,1-4,7H2,(H,19,20)/t9-/m0/s1. The van der Waals surface area contributed by atoms with Crippen LogP contribution in [0.15, 0.2) is 12.1 Å². The first-order valence-corrected chi connectivity index (χ1v) is 6.57. The lowest BCUT2D eigenvalue weighted by Crippen LogP contribution is -2.38. The number of Topliss-reactive ketones (excluding diaryl/α,β-unsaturated/α-hetero) is 1. The fourth-order valence-electron chi connectivity index (χ4n) is 2.19. The summed E-state index contributed by atoms with van der Waals surface area (Å²) in [4.78, 5) is 22.6. The van der Waals surface area contributed by atoms with Crippen molar-refractivity contribution in [2.24, 2.45) is 0 Å². The van der Waals surface area contributed by atoms with Gasteiger partial charge >= 0.3 is 5.97 Å².